The van der Waals surface area contributed by atoms with E-state index >= 15 is 0 Å². The summed E-state index contributed by atoms with van der Waals surface area (Å²) in [6.07, 6.45) is 10.4. The van der Waals surface area contributed by atoms with Crippen molar-refractivity contribution in [2.75, 3.05) is 6.61 Å². The molecule has 5 heteroatoms. The van der Waals surface area contributed by atoms with E-state index in [4.69, 9.17) is 9.47 Å². The number of aliphatic hydroxyl groups is 1. The van der Waals surface area contributed by atoms with Crippen LogP contribution in [0.5, 0.6) is 0 Å². The van der Waals surface area contributed by atoms with Crippen LogP contribution in [0.2, 0.25) is 0 Å². The highest BCUT2D eigenvalue weighted by atomic mass is 16.5. The van der Waals surface area contributed by atoms with Gasteiger partial charge in [0, 0.05) is 12.8 Å². The molecular formula is C31H52O5. The minimum absolute atomic E-state index is 0.0123. The second-order valence-electron chi connectivity index (χ2n) is 13.3. The van der Waals surface area contributed by atoms with Gasteiger partial charge in [-0.25, -0.2) is 0 Å². The molecule has 4 aliphatic rings. The first kappa shape index (κ1) is 27.9. The van der Waals surface area contributed by atoms with Crippen LogP contribution < -0.4 is 0 Å². The first-order chi connectivity index (χ1) is 17.1. The van der Waals surface area contributed by atoms with Crippen molar-refractivity contribution in [2.24, 2.45) is 52.3 Å². The van der Waals surface area contributed by atoms with Crippen molar-refractivity contribution in [1.82, 2.24) is 0 Å². The Bertz CT molecular complexity index is 796. The molecule has 5 unspecified atom stereocenters. The molecule has 4 rings (SSSR count). The number of rotatable bonds is 8. The third kappa shape index (κ3) is 4.76. The topological polar surface area (TPSA) is 72.8 Å². The van der Waals surface area contributed by atoms with Gasteiger partial charge in [-0.1, -0.05) is 41.0 Å². The predicted molar refractivity (Wildman–Crippen MR) is 141 cm³/mol. The lowest BCUT2D eigenvalue weighted by atomic mass is 9.41. The Morgan fingerprint density at radius 1 is 0.944 bits per heavy atom. The second-order valence-corrected chi connectivity index (χ2v) is 13.3. The Kier molecular flexibility index (Phi) is 8.49. The lowest BCUT2D eigenvalue weighted by Gasteiger charge is -2.64. The average Bonchev–Trinajstić information content (AvgIpc) is 3.21. The minimum Gasteiger partial charge on any atom is -0.466 e. The lowest BCUT2D eigenvalue weighted by Crippen LogP contribution is -2.62. The summed E-state index contributed by atoms with van der Waals surface area (Å²) in [5.74, 6) is 3.13. The minimum atomic E-state index is -0.267. The van der Waals surface area contributed by atoms with E-state index in [1.807, 2.05) is 13.8 Å². The SMILES string of the molecule is CCOC(=O)CC[C@@H](C)C1CCC2C3C(CC[C@@]21C)[C@@]1(C)CC[C@@H](OC(=O)CC)CC1[C@@H](CC)[C@H]3O. The van der Waals surface area contributed by atoms with E-state index in [0.717, 1.165) is 32.1 Å². The van der Waals surface area contributed by atoms with Gasteiger partial charge in [-0.15, -0.1) is 0 Å². The smallest absolute Gasteiger partial charge is 0.305 e. The zero-order valence-electron chi connectivity index (χ0n) is 23.8. The van der Waals surface area contributed by atoms with Gasteiger partial charge in [-0.3, -0.25) is 9.59 Å². The zero-order valence-corrected chi connectivity index (χ0v) is 23.8. The lowest BCUT2D eigenvalue weighted by molar-refractivity contribution is -0.207. The monoisotopic (exact) mass is 504 g/mol. The fourth-order valence-electron chi connectivity index (χ4n) is 10.1. The van der Waals surface area contributed by atoms with E-state index < -0.39 is 0 Å². The molecule has 11 atom stereocenters. The molecule has 4 aliphatic carbocycles. The Morgan fingerprint density at radius 2 is 1.64 bits per heavy atom. The second kappa shape index (κ2) is 10.9. The molecule has 0 spiro atoms. The summed E-state index contributed by atoms with van der Waals surface area (Å²) in [5.41, 5.74) is 0.459. The van der Waals surface area contributed by atoms with Crippen molar-refractivity contribution in [2.45, 2.75) is 124 Å². The van der Waals surface area contributed by atoms with Gasteiger partial charge in [-0.05, 0) is 111 Å². The highest BCUT2D eigenvalue weighted by molar-refractivity contribution is 5.69. The van der Waals surface area contributed by atoms with Crippen LogP contribution in [0.1, 0.15) is 112 Å². The Morgan fingerprint density at radius 3 is 2.31 bits per heavy atom. The van der Waals surface area contributed by atoms with Crippen LogP contribution in [-0.2, 0) is 19.1 Å². The van der Waals surface area contributed by atoms with E-state index in [2.05, 4.69) is 27.7 Å². The maximum absolute atomic E-state index is 12.0. The molecule has 0 amide bonds. The maximum atomic E-state index is 12.0. The molecule has 0 bridgehead atoms. The molecule has 0 aromatic heterocycles. The third-order valence-corrected chi connectivity index (χ3v) is 11.8. The fourth-order valence-corrected chi connectivity index (χ4v) is 10.1. The van der Waals surface area contributed by atoms with E-state index in [9.17, 15) is 14.7 Å². The highest BCUT2D eigenvalue weighted by Gasteiger charge is 2.65. The van der Waals surface area contributed by atoms with Gasteiger partial charge in [0.1, 0.15) is 6.10 Å². The van der Waals surface area contributed by atoms with Crippen LogP contribution in [0.25, 0.3) is 0 Å². The van der Waals surface area contributed by atoms with E-state index in [1.165, 1.54) is 25.7 Å². The van der Waals surface area contributed by atoms with E-state index in [1.54, 1.807) is 0 Å². The molecule has 0 aliphatic heterocycles. The molecule has 4 fully saturated rings. The van der Waals surface area contributed by atoms with Gasteiger partial charge in [0.2, 0.25) is 0 Å². The summed E-state index contributed by atoms with van der Waals surface area (Å²) in [5, 5.41) is 12.0. The van der Waals surface area contributed by atoms with Gasteiger partial charge in [0.05, 0.1) is 12.7 Å². The third-order valence-electron chi connectivity index (χ3n) is 11.8. The number of fused-ring (bicyclic) bond motifs is 5. The first-order valence-corrected chi connectivity index (χ1v) is 15.1. The molecule has 0 radical (unpaired) electrons. The molecule has 0 heterocycles. The number of esters is 2. The molecule has 0 aromatic rings. The predicted octanol–water partition coefficient (Wildman–Crippen LogP) is 6.55. The number of carbonyl (C=O) groups is 2. The van der Waals surface area contributed by atoms with Crippen molar-refractivity contribution in [3.8, 4) is 0 Å². The van der Waals surface area contributed by atoms with E-state index in [0.29, 0.717) is 55.0 Å². The standard InChI is InChI=1S/C31H52O5/c1-7-21-25-18-20(36-26(32)8-2)14-16-31(25,6)24-15-17-30(5)22(11-12-23(30)28(24)29(21)34)19(4)10-13-27(33)35-9-3/h19-25,28-29,34H,7-18H2,1-6H3/t19-,20-,21-,22?,23?,24?,25?,28?,29-,30-,31-/m1/s1. The van der Waals surface area contributed by atoms with Gasteiger partial charge in [0.15, 0.2) is 0 Å². The van der Waals surface area contributed by atoms with Crippen LogP contribution in [0.4, 0.5) is 0 Å². The van der Waals surface area contributed by atoms with Crippen molar-refractivity contribution in [1.29, 1.82) is 0 Å². The highest BCUT2D eigenvalue weighted by Crippen LogP contribution is 2.69. The first-order valence-electron chi connectivity index (χ1n) is 15.1. The van der Waals surface area contributed by atoms with Gasteiger partial charge < -0.3 is 14.6 Å². The van der Waals surface area contributed by atoms with Crippen LogP contribution in [0.15, 0.2) is 0 Å². The van der Waals surface area contributed by atoms with Crippen molar-refractivity contribution in [3.05, 3.63) is 0 Å². The molecule has 5 nitrogen and oxygen atoms in total. The normalized spacial score (nSPS) is 44.6. The molecule has 0 saturated heterocycles. The Labute approximate surface area is 219 Å². The number of hydrogen-bond donors (Lipinski definition) is 1. The van der Waals surface area contributed by atoms with Crippen molar-refractivity contribution < 1.29 is 24.2 Å². The molecule has 36 heavy (non-hydrogen) atoms. The fraction of sp³-hybridized carbons (Fsp3) is 0.935. The summed E-state index contributed by atoms with van der Waals surface area (Å²) >= 11 is 0. The molecule has 206 valence electrons. The Balaban J connectivity index is 1.53. The summed E-state index contributed by atoms with van der Waals surface area (Å²) < 4.78 is 11.0. The molecule has 0 aromatic carbocycles. The summed E-state index contributed by atoms with van der Waals surface area (Å²) in [6, 6.07) is 0. The number of ether oxygens (including phenoxy) is 2. The van der Waals surface area contributed by atoms with Crippen molar-refractivity contribution >= 4 is 11.9 Å². The maximum Gasteiger partial charge on any atom is 0.305 e. The van der Waals surface area contributed by atoms with Gasteiger partial charge in [0.25, 0.3) is 0 Å². The number of aliphatic hydroxyl groups excluding tert-OH is 1. The van der Waals surface area contributed by atoms with Gasteiger partial charge >= 0.3 is 11.9 Å². The van der Waals surface area contributed by atoms with Crippen molar-refractivity contribution in [3.63, 3.8) is 0 Å². The Hall–Kier alpha value is -1.10. The molecular weight excluding hydrogens is 452 g/mol. The molecule has 1 N–H and O–H groups in total. The average molecular weight is 505 g/mol. The summed E-state index contributed by atoms with van der Waals surface area (Å²) in [7, 11) is 0. The number of hydrogen-bond acceptors (Lipinski definition) is 5. The zero-order chi connectivity index (χ0) is 26.3. The quantitative estimate of drug-likeness (QED) is 0.379. The molecule has 4 saturated carbocycles. The summed E-state index contributed by atoms with van der Waals surface area (Å²) in [6.45, 7) is 13.8. The van der Waals surface area contributed by atoms with Crippen LogP contribution in [-0.4, -0.2) is 35.9 Å². The van der Waals surface area contributed by atoms with Crippen LogP contribution >= 0.6 is 0 Å². The summed E-state index contributed by atoms with van der Waals surface area (Å²) in [4.78, 5) is 24.0. The van der Waals surface area contributed by atoms with Crippen LogP contribution in [0, 0.1) is 52.3 Å². The van der Waals surface area contributed by atoms with Gasteiger partial charge in [-0.2, -0.15) is 0 Å². The van der Waals surface area contributed by atoms with Crippen LogP contribution in [0.3, 0.4) is 0 Å². The number of carbonyl (C=O) groups excluding carboxylic acids is 2. The van der Waals surface area contributed by atoms with E-state index in [-0.39, 0.29) is 40.9 Å². The largest absolute Gasteiger partial charge is 0.466 e.